The lowest BCUT2D eigenvalue weighted by Crippen LogP contribution is -2.16. The van der Waals surface area contributed by atoms with E-state index in [0.29, 0.717) is 36.3 Å². The van der Waals surface area contributed by atoms with Crippen molar-refractivity contribution in [3.8, 4) is 17.4 Å². The number of pyridine rings is 1. The smallest absolute Gasteiger partial charge is 0.272 e. The first kappa shape index (κ1) is 20.1. The number of benzene rings is 1. The Kier molecular flexibility index (Phi) is 4.85. The van der Waals surface area contributed by atoms with E-state index in [9.17, 15) is 8.42 Å². The van der Waals surface area contributed by atoms with Crippen LogP contribution in [0.4, 0.5) is 5.82 Å². The minimum Gasteiger partial charge on any atom is -0.495 e. The first-order valence-electron chi connectivity index (χ1n) is 9.66. The predicted octanol–water partition coefficient (Wildman–Crippen LogP) is 2.22. The fourth-order valence-electron chi connectivity index (χ4n) is 3.77. The Balaban J connectivity index is 1.59. The van der Waals surface area contributed by atoms with Crippen molar-refractivity contribution in [2.75, 3.05) is 25.5 Å². The van der Waals surface area contributed by atoms with Gasteiger partial charge in [0, 0.05) is 36.6 Å². The molecule has 1 aliphatic heterocycles. The van der Waals surface area contributed by atoms with E-state index in [0.717, 1.165) is 11.1 Å². The van der Waals surface area contributed by atoms with Crippen molar-refractivity contribution in [3.63, 3.8) is 0 Å². The van der Waals surface area contributed by atoms with Crippen molar-refractivity contribution in [1.29, 1.82) is 0 Å². The predicted molar refractivity (Wildman–Crippen MR) is 113 cm³/mol. The number of rotatable bonds is 7. The summed E-state index contributed by atoms with van der Waals surface area (Å²) in [6.07, 6.45) is 5.64. The molecule has 0 spiro atoms. The van der Waals surface area contributed by atoms with Crippen LogP contribution in [0.25, 0.3) is 11.0 Å². The van der Waals surface area contributed by atoms with Crippen molar-refractivity contribution in [2.45, 2.75) is 17.9 Å². The zero-order valence-corrected chi connectivity index (χ0v) is 18.0. The second-order valence-corrected chi connectivity index (χ2v) is 8.63. The molecule has 0 atom stereocenters. The number of hydrogen-bond acceptors (Lipinski definition) is 9. The molecule has 0 unspecified atom stereocenters. The van der Waals surface area contributed by atoms with Crippen LogP contribution in [-0.2, 0) is 23.0 Å². The molecule has 4 heterocycles. The van der Waals surface area contributed by atoms with Crippen molar-refractivity contribution in [3.05, 3.63) is 47.9 Å². The van der Waals surface area contributed by atoms with E-state index in [1.807, 2.05) is 18.3 Å². The van der Waals surface area contributed by atoms with E-state index < -0.39 is 10.0 Å². The minimum atomic E-state index is -4.18. The molecule has 0 fully saturated rings. The largest absolute Gasteiger partial charge is 0.495 e. The molecular weight excluding hydrogens is 438 g/mol. The number of fused-ring (bicyclic) bond motifs is 3. The minimum absolute atomic E-state index is 0.0109. The Morgan fingerprint density at radius 1 is 1.25 bits per heavy atom. The number of anilines is 1. The van der Waals surface area contributed by atoms with Gasteiger partial charge in [-0.3, -0.25) is 9.40 Å². The monoisotopic (exact) mass is 457 g/mol. The molecule has 166 valence electrons. The Labute approximate surface area is 182 Å². The second-order valence-electron chi connectivity index (χ2n) is 7.01. The third-order valence-corrected chi connectivity index (χ3v) is 6.53. The highest BCUT2D eigenvalue weighted by Crippen LogP contribution is 2.42. The summed E-state index contributed by atoms with van der Waals surface area (Å²) < 4.78 is 52.4. The number of sulfonamides is 1. The highest BCUT2D eigenvalue weighted by molar-refractivity contribution is 7.93. The summed E-state index contributed by atoms with van der Waals surface area (Å²) in [4.78, 5) is 3.73. The molecule has 11 nitrogen and oxygen atoms in total. The number of nitrogens with one attached hydrogen (secondary N) is 1. The first-order chi connectivity index (χ1) is 15.5. The van der Waals surface area contributed by atoms with Crippen LogP contribution in [0.2, 0.25) is 0 Å². The van der Waals surface area contributed by atoms with Gasteiger partial charge in [0.2, 0.25) is 5.88 Å². The maximum atomic E-state index is 13.2. The Bertz CT molecular complexity index is 1380. The third-order valence-electron chi connectivity index (χ3n) is 5.15. The Hall–Kier alpha value is -3.80. The number of nitrogens with zero attached hydrogens (tertiary/aromatic N) is 4. The van der Waals surface area contributed by atoms with Gasteiger partial charge in [0.1, 0.15) is 16.9 Å². The van der Waals surface area contributed by atoms with Gasteiger partial charge in [0.15, 0.2) is 16.3 Å². The standard InChI is InChI=1S/C20H19N5O6S/c1-28-14-4-7-21-20(29-2)18(14)32(26,27)24-19-16-15(31-23-19)10-12(11-25-8-3-6-22-25)13-5-9-30-17(13)16/h3-4,6-8,10H,5,9,11H2,1-2H3,(H,23,24). The molecule has 0 saturated heterocycles. The van der Waals surface area contributed by atoms with E-state index in [2.05, 4.69) is 20.0 Å². The van der Waals surface area contributed by atoms with Crippen LogP contribution in [0, 0.1) is 0 Å². The number of hydrogen-bond donors (Lipinski definition) is 1. The SMILES string of the molecule is COc1ccnc(OC)c1S(=O)(=O)Nc1noc2cc(Cn3cccn3)c3c(c12)OCC3. The number of methoxy groups -OCH3 is 2. The van der Waals surface area contributed by atoms with Crippen LogP contribution >= 0.6 is 0 Å². The molecule has 0 aliphatic carbocycles. The van der Waals surface area contributed by atoms with Crippen molar-refractivity contribution in [2.24, 2.45) is 0 Å². The molecule has 0 bridgehead atoms. The topological polar surface area (TPSA) is 131 Å². The first-order valence-corrected chi connectivity index (χ1v) is 11.1. The molecule has 12 heteroatoms. The van der Waals surface area contributed by atoms with Crippen molar-refractivity contribution >= 4 is 26.8 Å². The highest BCUT2D eigenvalue weighted by atomic mass is 32.2. The molecule has 0 amide bonds. The van der Waals surface area contributed by atoms with Gasteiger partial charge in [-0.15, -0.1) is 0 Å². The molecule has 5 rings (SSSR count). The Morgan fingerprint density at radius 3 is 2.88 bits per heavy atom. The number of aromatic nitrogens is 4. The van der Waals surface area contributed by atoms with E-state index in [4.69, 9.17) is 18.7 Å². The van der Waals surface area contributed by atoms with Crippen LogP contribution in [0.3, 0.4) is 0 Å². The van der Waals surface area contributed by atoms with Crippen molar-refractivity contribution < 1.29 is 27.2 Å². The van der Waals surface area contributed by atoms with Gasteiger partial charge in [-0.1, -0.05) is 5.16 Å². The summed E-state index contributed by atoms with van der Waals surface area (Å²) in [5.74, 6) is 0.540. The van der Waals surface area contributed by atoms with Crippen LogP contribution in [0.1, 0.15) is 11.1 Å². The molecule has 32 heavy (non-hydrogen) atoms. The average molecular weight is 457 g/mol. The van der Waals surface area contributed by atoms with Crippen LogP contribution in [-0.4, -0.2) is 49.2 Å². The van der Waals surface area contributed by atoms with Gasteiger partial charge in [0.05, 0.1) is 27.4 Å². The maximum Gasteiger partial charge on any atom is 0.272 e. The van der Waals surface area contributed by atoms with Gasteiger partial charge in [-0.05, 0) is 17.7 Å². The quantitative estimate of drug-likeness (QED) is 0.444. The van der Waals surface area contributed by atoms with Gasteiger partial charge in [-0.2, -0.15) is 5.10 Å². The van der Waals surface area contributed by atoms with Gasteiger partial charge in [-0.25, -0.2) is 13.4 Å². The lowest BCUT2D eigenvalue weighted by atomic mass is 10.0. The Morgan fingerprint density at radius 2 is 2.12 bits per heavy atom. The van der Waals surface area contributed by atoms with Gasteiger partial charge >= 0.3 is 0 Å². The third kappa shape index (κ3) is 3.28. The molecule has 1 aromatic carbocycles. The van der Waals surface area contributed by atoms with Crippen LogP contribution in [0.15, 0.2) is 46.2 Å². The maximum absolute atomic E-state index is 13.2. The number of ether oxygens (including phenoxy) is 3. The van der Waals surface area contributed by atoms with Crippen LogP contribution in [0.5, 0.6) is 17.4 Å². The zero-order chi connectivity index (χ0) is 22.3. The summed E-state index contributed by atoms with van der Waals surface area (Å²) in [6.45, 7) is 1.00. The summed E-state index contributed by atoms with van der Waals surface area (Å²) in [5.41, 5.74) is 2.33. The fourth-order valence-corrected chi connectivity index (χ4v) is 5.05. The van der Waals surface area contributed by atoms with Crippen molar-refractivity contribution in [1.82, 2.24) is 19.9 Å². The summed E-state index contributed by atoms with van der Waals surface area (Å²) in [7, 11) is -1.49. The van der Waals surface area contributed by atoms with E-state index in [1.54, 1.807) is 10.9 Å². The summed E-state index contributed by atoms with van der Waals surface area (Å²) in [5, 5.41) is 8.66. The molecule has 1 aliphatic rings. The van der Waals surface area contributed by atoms with Crippen LogP contribution < -0.4 is 18.9 Å². The summed E-state index contributed by atoms with van der Waals surface area (Å²) in [6, 6.07) is 5.11. The zero-order valence-electron chi connectivity index (χ0n) is 17.2. The fraction of sp³-hybridized carbons (Fsp3) is 0.250. The second kappa shape index (κ2) is 7.71. The van der Waals surface area contributed by atoms with E-state index in [1.165, 1.54) is 26.5 Å². The van der Waals surface area contributed by atoms with Gasteiger partial charge < -0.3 is 18.7 Å². The highest BCUT2D eigenvalue weighted by Gasteiger charge is 2.31. The lowest BCUT2D eigenvalue weighted by Gasteiger charge is -2.13. The molecule has 0 radical (unpaired) electrons. The van der Waals surface area contributed by atoms with E-state index >= 15 is 0 Å². The van der Waals surface area contributed by atoms with Gasteiger partial charge in [0.25, 0.3) is 10.0 Å². The molecule has 3 aromatic heterocycles. The molecule has 0 saturated carbocycles. The van der Waals surface area contributed by atoms with E-state index in [-0.39, 0.29) is 22.3 Å². The average Bonchev–Trinajstić information content (AvgIpc) is 3.54. The molecular formula is C20H19N5O6S. The normalized spacial score (nSPS) is 13.1. The molecule has 4 aromatic rings. The summed E-state index contributed by atoms with van der Waals surface area (Å²) >= 11 is 0. The molecule has 1 N–H and O–H groups in total. The lowest BCUT2D eigenvalue weighted by molar-refractivity contribution is 0.360.